The molecule has 1 aliphatic carbocycles. The van der Waals surface area contributed by atoms with E-state index in [9.17, 15) is 0 Å². The standard InChI is InChI=1S/C12H16N4O/c1-17-12(5-2-6-12)7-10-14-8-3-4-9(13)15-11(8)16-10/h3-4H,2,5-7H2,1H3,(H3,13,14,15,16). The third-order valence-corrected chi connectivity index (χ3v) is 3.60. The van der Waals surface area contributed by atoms with Gasteiger partial charge in [0.1, 0.15) is 11.6 Å². The number of aromatic nitrogens is 3. The maximum absolute atomic E-state index is 5.63. The fourth-order valence-corrected chi connectivity index (χ4v) is 2.37. The number of hydrogen-bond donors (Lipinski definition) is 2. The van der Waals surface area contributed by atoms with Crippen molar-refractivity contribution >= 4 is 17.0 Å². The zero-order valence-corrected chi connectivity index (χ0v) is 9.86. The molecule has 2 aromatic heterocycles. The molecule has 3 N–H and O–H groups in total. The number of rotatable bonds is 3. The lowest BCUT2D eigenvalue weighted by Crippen LogP contribution is -2.41. The van der Waals surface area contributed by atoms with Gasteiger partial charge in [0.25, 0.3) is 0 Å². The molecule has 1 fully saturated rings. The summed E-state index contributed by atoms with van der Waals surface area (Å²) in [5.74, 6) is 1.43. The number of nitrogens with one attached hydrogen (secondary N) is 1. The van der Waals surface area contributed by atoms with Crippen LogP contribution in [0.2, 0.25) is 0 Å². The van der Waals surface area contributed by atoms with Gasteiger partial charge in [-0.2, -0.15) is 0 Å². The number of hydrogen-bond acceptors (Lipinski definition) is 4. The summed E-state index contributed by atoms with van der Waals surface area (Å²) < 4.78 is 5.59. The molecule has 1 saturated carbocycles. The molecule has 2 heterocycles. The summed E-state index contributed by atoms with van der Waals surface area (Å²) in [6.45, 7) is 0. The van der Waals surface area contributed by atoms with E-state index in [2.05, 4.69) is 15.0 Å². The normalized spacial score (nSPS) is 18.2. The molecule has 0 unspecified atom stereocenters. The predicted octanol–water partition coefficient (Wildman–Crippen LogP) is 1.65. The Balaban J connectivity index is 1.90. The summed E-state index contributed by atoms with van der Waals surface area (Å²) in [5.41, 5.74) is 7.24. The number of fused-ring (bicyclic) bond motifs is 1. The minimum Gasteiger partial charge on any atom is -0.384 e. The van der Waals surface area contributed by atoms with Crippen LogP contribution in [0.3, 0.4) is 0 Å². The van der Waals surface area contributed by atoms with Gasteiger partial charge >= 0.3 is 0 Å². The second-order valence-electron chi connectivity index (χ2n) is 4.71. The summed E-state index contributed by atoms with van der Waals surface area (Å²) in [7, 11) is 1.78. The van der Waals surface area contributed by atoms with Crippen LogP contribution in [0.1, 0.15) is 25.1 Å². The fourth-order valence-electron chi connectivity index (χ4n) is 2.37. The largest absolute Gasteiger partial charge is 0.384 e. The van der Waals surface area contributed by atoms with Gasteiger partial charge in [0.2, 0.25) is 0 Å². The lowest BCUT2D eigenvalue weighted by molar-refractivity contribution is -0.0719. The van der Waals surface area contributed by atoms with E-state index >= 15 is 0 Å². The maximum atomic E-state index is 5.63. The molecule has 17 heavy (non-hydrogen) atoms. The molecule has 90 valence electrons. The first kappa shape index (κ1) is 10.5. The van der Waals surface area contributed by atoms with Gasteiger partial charge in [-0.1, -0.05) is 0 Å². The molecule has 0 amide bonds. The van der Waals surface area contributed by atoms with Crippen LogP contribution in [0.4, 0.5) is 5.82 Å². The summed E-state index contributed by atoms with van der Waals surface area (Å²) in [5, 5.41) is 0. The molecule has 0 aromatic carbocycles. The van der Waals surface area contributed by atoms with Gasteiger partial charge in [0.15, 0.2) is 5.65 Å². The van der Waals surface area contributed by atoms with Crippen LogP contribution in [0.5, 0.6) is 0 Å². The summed E-state index contributed by atoms with van der Waals surface area (Å²) in [6.07, 6.45) is 4.27. The maximum Gasteiger partial charge on any atom is 0.179 e. The Kier molecular flexibility index (Phi) is 2.29. The average Bonchev–Trinajstić information content (AvgIpc) is 2.65. The van der Waals surface area contributed by atoms with E-state index in [0.717, 1.165) is 30.6 Å². The Morgan fingerprint density at radius 2 is 2.24 bits per heavy atom. The first-order valence-corrected chi connectivity index (χ1v) is 5.87. The van der Waals surface area contributed by atoms with Crippen LogP contribution in [0.25, 0.3) is 11.2 Å². The molecule has 0 radical (unpaired) electrons. The quantitative estimate of drug-likeness (QED) is 0.843. The molecule has 0 aliphatic heterocycles. The summed E-state index contributed by atoms with van der Waals surface area (Å²) in [4.78, 5) is 11.9. The number of imidazole rings is 1. The van der Waals surface area contributed by atoms with Crippen LogP contribution in [-0.2, 0) is 11.2 Å². The zero-order chi connectivity index (χ0) is 11.9. The van der Waals surface area contributed by atoms with E-state index in [1.165, 1.54) is 6.42 Å². The Morgan fingerprint density at radius 3 is 2.88 bits per heavy atom. The SMILES string of the molecule is COC1(Cc2nc3nc(N)ccc3[nH]2)CCC1. The second kappa shape index (κ2) is 3.70. The van der Waals surface area contributed by atoms with Gasteiger partial charge in [-0.25, -0.2) is 9.97 Å². The van der Waals surface area contributed by atoms with Crippen LogP contribution in [0.15, 0.2) is 12.1 Å². The monoisotopic (exact) mass is 232 g/mol. The predicted molar refractivity (Wildman–Crippen MR) is 65.6 cm³/mol. The van der Waals surface area contributed by atoms with E-state index in [4.69, 9.17) is 10.5 Å². The van der Waals surface area contributed by atoms with Crippen molar-refractivity contribution in [3.05, 3.63) is 18.0 Å². The van der Waals surface area contributed by atoms with Crippen molar-refractivity contribution in [3.63, 3.8) is 0 Å². The van der Waals surface area contributed by atoms with E-state index in [1.807, 2.05) is 6.07 Å². The minimum absolute atomic E-state index is 0.0145. The highest BCUT2D eigenvalue weighted by Gasteiger charge is 2.37. The lowest BCUT2D eigenvalue weighted by atomic mass is 9.77. The van der Waals surface area contributed by atoms with Crippen molar-refractivity contribution in [2.45, 2.75) is 31.3 Å². The highest BCUT2D eigenvalue weighted by Crippen LogP contribution is 2.37. The zero-order valence-electron chi connectivity index (χ0n) is 9.86. The number of anilines is 1. The molecule has 1 aliphatic rings. The Hall–Kier alpha value is -1.62. The highest BCUT2D eigenvalue weighted by molar-refractivity contribution is 5.72. The smallest absolute Gasteiger partial charge is 0.179 e. The Labute approximate surface area is 99.4 Å². The molecule has 3 rings (SSSR count). The lowest BCUT2D eigenvalue weighted by Gasteiger charge is -2.39. The van der Waals surface area contributed by atoms with Crippen LogP contribution < -0.4 is 5.73 Å². The number of aromatic amines is 1. The summed E-state index contributed by atoms with van der Waals surface area (Å²) >= 11 is 0. The van der Waals surface area contributed by atoms with Crippen molar-refractivity contribution in [1.29, 1.82) is 0 Å². The van der Waals surface area contributed by atoms with Gasteiger partial charge in [-0.05, 0) is 31.4 Å². The highest BCUT2D eigenvalue weighted by atomic mass is 16.5. The van der Waals surface area contributed by atoms with E-state index in [1.54, 1.807) is 13.2 Å². The number of nitrogens with two attached hydrogens (primary N) is 1. The van der Waals surface area contributed by atoms with Crippen molar-refractivity contribution in [1.82, 2.24) is 15.0 Å². The van der Waals surface area contributed by atoms with Gasteiger partial charge in [0, 0.05) is 13.5 Å². The molecule has 2 aromatic rings. The van der Waals surface area contributed by atoms with E-state index < -0.39 is 0 Å². The molecule has 0 saturated heterocycles. The Morgan fingerprint density at radius 1 is 1.41 bits per heavy atom. The first-order valence-electron chi connectivity index (χ1n) is 5.87. The molecule has 0 bridgehead atoms. The molecule has 0 spiro atoms. The summed E-state index contributed by atoms with van der Waals surface area (Å²) in [6, 6.07) is 3.69. The first-order chi connectivity index (χ1) is 8.21. The van der Waals surface area contributed by atoms with E-state index in [-0.39, 0.29) is 5.60 Å². The minimum atomic E-state index is -0.0145. The average molecular weight is 232 g/mol. The van der Waals surface area contributed by atoms with Gasteiger partial charge in [-0.15, -0.1) is 0 Å². The third kappa shape index (κ3) is 1.76. The van der Waals surface area contributed by atoms with Crippen molar-refractivity contribution in [2.75, 3.05) is 12.8 Å². The molecule has 0 atom stereocenters. The van der Waals surface area contributed by atoms with Crippen LogP contribution in [-0.4, -0.2) is 27.7 Å². The second-order valence-corrected chi connectivity index (χ2v) is 4.71. The fraction of sp³-hybridized carbons (Fsp3) is 0.500. The van der Waals surface area contributed by atoms with Crippen LogP contribution in [0, 0.1) is 0 Å². The van der Waals surface area contributed by atoms with Crippen molar-refractivity contribution in [3.8, 4) is 0 Å². The third-order valence-electron chi connectivity index (χ3n) is 3.60. The topological polar surface area (TPSA) is 76.8 Å². The molecular weight excluding hydrogens is 216 g/mol. The number of ether oxygens (including phenoxy) is 1. The number of H-pyrrole nitrogens is 1. The number of nitrogen functional groups attached to an aromatic ring is 1. The Bertz CT molecular complexity index is 539. The van der Waals surface area contributed by atoms with E-state index in [0.29, 0.717) is 11.5 Å². The molecule has 5 nitrogen and oxygen atoms in total. The van der Waals surface area contributed by atoms with Gasteiger partial charge < -0.3 is 15.5 Å². The van der Waals surface area contributed by atoms with Crippen LogP contribution >= 0.6 is 0 Å². The van der Waals surface area contributed by atoms with Gasteiger partial charge in [0.05, 0.1) is 11.1 Å². The number of pyridine rings is 1. The van der Waals surface area contributed by atoms with Gasteiger partial charge in [-0.3, -0.25) is 0 Å². The van der Waals surface area contributed by atoms with Crippen molar-refractivity contribution in [2.24, 2.45) is 0 Å². The number of methoxy groups -OCH3 is 1. The molecular formula is C12H16N4O. The molecule has 5 heteroatoms. The van der Waals surface area contributed by atoms with Crippen molar-refractivity contribution < 1.29 is 4.74 Å². The number of nitrogens with zero attached hydrogens (tertiary/aromatic N) is 2.